The van der Waals surface area contributed by atoms with Crippen LogP contribution in [0.2, 0.25) is 0 Å². The van der Waals surface area contributed by atoms with Crippen molar-refractivity contribution in [2.45, 2.75) is 19.1 Å². The summed E-state index contributed by atoms with van der Waals surface area (Å²) < 4.78 is 0. The molecule has 7 nitrogen and oxygen atoms in total. The van der Waals surface area contributed by atoms with Crippen molar-refractivity contribution in [2.75, 3.05) is 23.3 Å². The van der Waals surface area contributed by atoms with E-state index in [-0.39, 0.29) is 6.10 Å². The maximum atomic E-state index is 9.74. The second-order valence-electron chi connectivity index (χ2n) is 6.91. The number of aromatic amines is 1. The van der Waals surface area contributed by atoms with Crippen molar-refractivity contribution < 1.29 is 5.11 Å². The summed E-state index contributed by atoms with van der Waals surface area (Å²) >= 11 is 0. The number of aromatic nitrogens is 4. The molecule has 3 aromatic heterocycles. The number of hydrogen-bond donors (Lipinski definition) is 3. The Morgan fingerprint density at radius 2 is 2.15 bits per heavy atom. The number of pyridine rings is 1. The van der Waals surface area contributed by atoms with Crippen LogP contribution in [0.15, 0.2) is 48.8 Å². The molecule has 0 saturated carbocycles. The minimum Gasteiger partial charge on any atom is -0.391 e. The fraction of sp³-hybridized carbons (Fsp3) is 0.250. The SMILES string of the molecule is O[C@@H]1CCN(c2ccc3ncc(NCc4ccc5cc[nH]c5c4)nc3n2)C1. The van der Waals surface area contributed by atoms with Gasteiger partial charge in [0.2, 0.25) is 0 Å². The average Bonchev–Trinajstić information content (AvgIpc) is 3.34. The van der Waals surface area contributed by atoms with Crippen LogP contribution in [-0.4, -0.2) is 44.2 Å². The van der Waals surface area contributed by atoms with E-state index in [0.717, 1.165) is 29.8 Å². The Hall–Kier alpha value is -3.19. The molecule has 0 aliphatic carbocycles. The summed E-state index contributed by atoms with van der Waals surface area (Å²) in [6, 6.07) is 12.3. The van der Waals surface area contributed by atoms with Gasteiger partial charge in [0.05, 0.1) is 12.3 Å². The normalized spacial score (nSPS) is 17.1. The summed E-state index contributed by atoms with van der Waals surface area (Å²) in [6.45, 7) is 2.09. The van der Waals surface area contributed by atoms with Gasteiger partial charge in [-0.15, -0.1) is 0 Å². The van der Waals surface area contributed by atoms with Crippen LogP contribution in [0.1, 0.15) is 12.0 Å². The number of nitrogens with zero attached hydrogens (tertiary/aromatic N) is 4. The number of aliphatic hydroxyl groups excluding tert-OH is 1. The Morgan fingerprint density at radius 1 is 1.19 bits per heavy atom. The summed E-state index contributed by atoms with van der Waals surface area (Å²) in [5.41, 5.74) is 3.66. The first-order chi connectivity index (χ1) is 13.2. The lowest BCUT2D eigenvalue weighted by Crippen LogP contribution is -2.22. The highest BCUT2D eigenvalue weighted by Gasteiger charge is 2.21. The molecule has 0 unspecified atom stereocenters. The lowest BCUT2D eigenvalue weighted by atomic mass is 10.1. The highest BCUT2D eigenvalue weighted by atomic mass is 16.3. The number of H-pyrrole nitrogens is 1. The standard InChI is InChI=1S/C20H20N6O/c27-15-6-8-26(12-15)19-4-3-16-20(25-19)24-18(11-22-16)23-10-13-1-2-14-5-7-21-17(14)9-13/h1-5,7,9,11,15,21,27H,6,8,10,12H2,(H,23,24,25)/t15-/m1/s1. The topological polar surface area (TPSA) is 90.0 Å². The van der Waals surface area contributed by atoms with Crippen molar-refractivity contribution in [1.29, 1.82) is 0 Å². The van der Waals surface area contributed by atoms with Gasteiger partial charge in [-0.05, 0) is 41.6 Å². The first-order valence-electron chi connectivity index (χ1n) is 9.11. The van der Waals surface area contributed by atoms with Crippen LogP contribution >= 0.6 is 0 Å². The molecule has 1 aliphatic rings. The molecule has 1 saturated heterocycles. The van der Waals surface area contributed by atoms with Gasteiger partial charge in [0.1, 0.15) is 17.2 Å². The molecule has 0 radical (unpaired) electrons. The Balaban J connectivity index is 1.36. The summed E-state index contributed by atoms with van der Waals surface area (Å²) in [5.74, 6) is 1.53. The predicted octanol–water partition coefficient (Wildman–Crippen LogP) is 2.69. The van der Waals surface area contributed by atoms with Crippen LogP contribution in [0.25, 0.3) is 22.1 Å². The molecule has 0 spiro atoms. The first-order valence-corrected chi connectivity index (χ1v) is 9.11. The number of hydrogen-bond acceptors (Lipinski definition) is 6. The third kappa shape index (κ3) is 3.17. The second kappa shape index (κ2) is 6.51. The lowest BCUT2D eigenvalue weighted by molar-refractivity contribution is 0.198. The van der Waals surface area contributed by atoms with E-state index in [2.05, 4.69) is 54.4 Å². The molecule has 1 atom stereocenters. The summed E-state index contributed by atoms with van der Waals surface area (Å²) in [7, 11) is 0. The summed E-state index contributed by atoms with van der Waals surface area (Å²) in [6.07, 6.45) is 4.17. The van der Waals surface area contributed by atoms with Gasteiger partial charge in [-0.1, -0.05) is 12.1 Å². The maximum Gasteiger partial charge on any atom is 0.182 e. The van der Waals surface area contributed by atoms with E-state index in [1.165, 1.54) is 10.9 Å². The molecule has 7 heteroatoms. The maximum absolute atomic E-state index is 9.74. The van der Waals surface area contributed by atoms with Crippen molar-refractivity contribution in [3.8, 4) is 0 Å². The molecule has 136 valence electrons. The van der Waals surface area contributed by atoms with Gasteiger partial charge in [0, 0.05) is 31.3 Å². The smallest absolute Gasteiger partial charge is 0.182 e. The predicted molar refractivity (Wildman–Crippen MR) is 106 cm³/mol. The van der Waals surface area contributed by atoms with Crippen LogP contribution in [0.3, 0.4) is 0 Å². The second-order valence-corrected chi connectivity index (χ2v) is 6.91. The van der Waals surface area contributed by atoms with Gasteiger partial charge in [0.15, 0.2) is 5.65 Å². The van der Waals surface area contributed by atoms with Crippen LogP contribution in [0, 0.1) is 0 Å². The Labute approximate surface area is 156 Å². The molecule has 1 aliphatic heterocycles. The van der Waals surface area contributed by atoms with Crippen molar-refractivity contribution in [3.63, 3.8) is 0 Å². The minimum absolute atomic E-state index is 0.279. The van der Waals surface area contributed by atoms with Gasteiger partial charge in [-0.3, -0.25) is 0 Å². The Bertz CT molecular complexity index is 1110. The van der Waals surface area contributed by atoms with Crippen LogP contribution in [0.4, 0.5) is 11.6 Å². The molecule has 0 bridgehead atoms. The van der Waals surface area contributed by atoms with Crippen LogP contribution in [0.5, 0.6) is 0 Å². The van der Waals surface area contributed by atoms with Gasteiger partial charge < -0.3 is 20.3 Å². The molecule has 3 N–H and O–H groups in total. The van der Waals surface area contributed by atoms with Crippen molar-refractivity contribution in [2.24, 2.45) is 0 Å². The molecule has 5 rings (SSSR count). The lowest BCUT2D eigenvalue weighted by Gasteiger charge is -2.16. The first kappa shape index (κ1) is 16.0. The molecule has 1 fully saturated rings. The van der Waals surface area contributed by atoms with E-state index in [0.29, 0.717) is 24.6 Å². The monoisotopic (exact) mass is 360 g/mol. The quantitative estimate of drug-likeness (QED) is 0.518. The van der Waals surface area contributed by atoms with E-state index in [9.17, 15) is 5.11 Å². The highest BCUT2D eigenvalue weighted by Crippen LogP contribution is 2.21. The molecular weight excluding hydrogens is 340 g/mol. The fourth-order valence-electron chi connectivity index (χ4n) is 3.50. The third-order valence-electron chi connectivity index (χ3n) is 4.97. The van der Waals surface area contributed by atoms with Gasteiger partial charge in [0.25, 0.3) is 0 Å². The molecule has 4 aromatic rings. The Morgan fingerprint density at radius 3 is 3.04 bits per heavy atom. The highest BCUT2D eigenvalue weighted by molar-refractivity contribution is 5.80. The van der Waals surface area contributed by atoms with E-state index in [1.54, 1.807) is 6.20 Å². The largest absolute Gasteiger partial charge is 0.391 e. The third-order valence-corrected chi connectivity index (χ3v) is 4.97. The van der Waals surface area contributed by atoms with E-state index < -0.39 is 0 Å². The number of aliphatic hydroxyl groups is 1. The molecule has 1 aromatic carbocycles. The van der Waals surface area contributed by atoms with E-state index in [4.69, 9.17) is 0 Å². The van der Waals surface area contributed by atoms with Gasteiger partial charge in [-0.2, -0.15) is 0 Å². The zero-order valence-corrected chi connectivity index (χ0v) is 14.8. The summed E-state index contributed by atoms with van der Waals surface area (Å²) in [4.78, 5) is 19.0. The Kier molecular flexibility index (Phi) is 3.86. The van der Waals surface area contributed by atoms with Gasteiger partial charge in [-0.25, -0.2) is 15.0 Å². The number of benzene rings is 1. The fourth-order valence-corrected chi connectivity index (χ4v) is 3.50. The van der Waals surface area contributed by atoms with Crippen LogP contribution < -0.4 is 10.2 Å². The molecule has 4 heterocycles. The van der Waals surface area contributed by atoms with E-state index in [1.807, 2.05) is 18.3 Å². The zero-order chi connectivity index (χ0) is 18.2. The number of anilines is 2. The average molecular weight is 360 g/mol. The number of rotatable bonds is 4. The zero-order valence-electron chi connectivity index (χ0n) is 14.8. The number of fused-ring (bicyclic) bond motifs is 2. The minimum atomic E-state index is -0.279. The van der Waals surface area contributed by atoms with E-state index >= 15 is 0 Å². The molecular formula is C20H20N6O. The number of β-amino-alcohol motifs (C(OH)–C–C–N with tert-alkyl or cyclic N) is 1. The van der Waals surface area contributed by atoms with Gasteiger partial charge >= 0.3 is 0 Å². The molecule has 0 amide bonds. The summed E-state index contributed by atoms with van der Waals surface area (Å²) in [5, 5.41) is 14.3. The van der Waals surface area contributed by atoms with Crippen molar-refractivity contribution in [1.82, 2.24) is 19.9 Å². The van der Waals surface area contributed by atoms with Crippen molar-refractivity contribution in [3.05, 3.63) is 54.4 Å². The molecule has 27 heavy (non-hydrogen) atoms. The van der Waals surface area contributed by atoms with Crippen molar-refractivity contribution >= 4 is 33.7 Å². The van der Waals surface area contributed by atoms with Crippen LogP contribution in [-0.2, 0) is 6.54 Å². The number of nitrogens with one attached hydrogen (secondary N) is 2.